The highest BCUT2D eigenvalue weighted by Crippen LogP contribution is 2.20. The van der Waals surface area contributed by atoms with Crippen LogP contribution in [0.4, 0.5) is 0 Å². The number of likely N-dealkylation sites (tertiary alicyclic amines) is 1. The zero-order valence-electron chi connectivity index (χ0n) is 14.6. The number of ether oxygens (including phenoxy) is 1. The van der Waals surface area contributed by atoms with Gasteiger partial charge in [-0.2, -0.15) is 0 Å². The number of benzene rings is 1. The first kappa shape index (κ1) is 17.8. The summed E-state index contributed by atoms with van der Waals surface area (Å²) in [4.78, 5) is 18.6. The van der Waals surface area contributed by atoms with E-state index in [1.807, 2.05) is 42.2 Å². The summed E-state index contributed by atoms with van der Waals surface area (Å²) in [5.41, 5.74) is 2.25. The van der Waals surface area contributed by atoms with Gasteiger partial charge in [0.2, 0.25) is 5.91 Å². The summed E-state index contributed by atoms with van der Waals surface area (Å²) in [6.07, 6.45) is 3.70. The summed E-state index contributed by atoms with van der Waals surface area (Å²) in [6, 6.07) is 14.2. The second-order valence-corrected chi connectivity index (χ2v) is 7.30. The monoisotopic (exact) mass is 356 g/mol. The van der Waals surface area contributed by atoms with E-state index in [0.717, 1.165) is 43.1 Å². The molecule has 1 aromatic carbocycles. The number of aromatic nitrogens is 1. The number of pyridine rings is 1. The number of hydrogen-bond donors (Lipinski definition) is 0. The molecular weight excluding hydrogens is 332 g/mol. The molecule has 0 atom stereocenters. The van der Waals surface area contributed by atoms with Crippen molar-refractivity contribution in [3.05, 3.63) is 59.9 Å². The molecule has 0 aliphatic carbocycles. The van der Waals surface area contributed by atoms with Crippen LogP contribution in [-0.2, 0) is 10.5 Å². The van der Waals surface area contributed by atoms with E-state index in [4.69, 9.17) is 4.74 Å². The van der Waals surface area contributed by atoms with Gasteiger partial charge in [-0.15, -0.1) is 11.8 Å². The lowest BCUT2D eigenvalue weighted by Crippen LogP contribution is -2.42. The number of carbonyl (C=O) groups is 1. The van der Waals surface area contributed by atoms with Gasteiger partial charge in [-0.05, 0) is 24.6 Å². The van der Waals surface area contributed by atoms with Crippen LogP contribution >= 0.6 is 11.8 Å². The van der Waals surface area contributed by atoms with Crippen LogP contribution in [0.25, 0.3) is 0 Å². The quantitative estimate of drug-likeness (QED) is 0.792. The molecule has 0 unspecified atom stereocenters. The van der Waals surface area contributed by atoms with Gasteiger partial charge in [-0.3, -0.25) is 9.78 Å². The molecule has 0 radical (unpaired) electrons. The Morgan fingerprint density at radius 2 is 1.96 bits per heavy atom. The van der Waals surface area contributed by atoms with Crippen LogP contribution in [0.3, 0.4) is 0 Å². The zero-order chi connectivity index (χ0) is 17.5. The van der Waals surface area contributed by atoms with Crippen LogP contribution in [0, 0.1) is 6.92 Å². The normalized spacial score (nSPS) is 15.2. The van der Waals surface area contributed by atoms with Gasteiger partial charge in [0.25, 0.3) is 0 Å². The lowest BCUT2D eigenvalue weighted by molar-refractivity contribution is -0.130. The topological polar surface area (TPSA) is 42.4 Å². The Balaban J connectivity index is 1.38. The van der Waals surface area contributed by atoms with Crippen molar-refractivity contribution < 1.29 is 9.53 Å². The summed E-state index contributed by atoms with van der Waals surface area (Å²) in [7, 11) is 0. The van der Waals surface area contributed by atoms with E-state index in [1.165, 1.54) is 5.56 Å². The van der Waals surface area contributed by atoms with Gasteiger partial charge >= 0.3 is 0 Å². The third-order valence-corrected chi connectivity index (χ3v) is 5.31. The molecule has 2 heterocycles. The van der Waals surface area contributed by atoms with Crippen molar-refractivity contribution in [2.75, 3.05) is 18.8 Å². The molecule has 5 heteroatoms. The van der Waals surface area contributed by atoms with E-state index in [0.29, 0.717) is 5.75 Å². The van der Waals surface area contributed by atoms with Crippen molar-refractivity contribution >= 4 is 17.7 Å². The predicted molar refractivity (Wildman–Crippen MR) is 102 cm³/mol. The fourth-order valence-electron chi connectivity index (χ4n) is 2.86. The zero-order valence-corrected chi connectivity index (χ0v) is 15.4. The Morgan fingerprint density at radius 3 is 2.64 bits per heavy atom. The minimum atomic E-state index is 0.172. The van der Waals surface area contributed by atoms with E-state index in [2.05, 4.69) is 17.1 Å². The lowest BCUT2D eigenvalue weighted by Gasteiger charge is -2.32. The smallest absolute Gasteiger partial charge is 0.232 e. The van der Waals surface area contributed by atoms with Gasteiger partial charge < -0.3 is 9.64 Å². The number of hydrogen-bond acceptors (Lipinski definition) is 4. The molecular formula is C20H24N2O2S. The third kappa shape index (κ3) is 5.49. The van der Waals surface area contributed by atoms with E-state index in [1.54, 1.807) is 18.0 Å². The van der Waals surface area contributed by atoms with Gasteiger partial charge in [-0.1, -0.05) is 30.3 Å². The minimum absolute atomic E-state index is 0.172. The van der Waals surface area contributed by atoms with E-state index in [9.17, 15) is 4.79 Å². The standard InChI is InChI=1S/C20H24N2O2S/c1-16-7-8-19(13-21-16)24-18-9-11-22(12-10-18)20(23)15-25-14-17-5-3-2-4-6-17/h2-8,13,18H,9-12,14-15H2,1H3. The first-order chi connectivity index (χ1) is 12.2. The van der Waals surface area contributed by atoms with Crippen LogP contribution < -0.4 is 4.74 Å². The maximum Gasteiger partial charge on any atom is 0.232 e. The van der Waals surface area contributed by atoms with Crippen molar-refractivity contribution in [3.63, 3.8) is 0 Å². The molecule has 1 aromatic heterocycles. The van der Waals surface area contributed by atoms with Crippen molar-refractivity contribution in [1.29, 1.82) is 0 Å². The van der Waals surface area contributed by atoms with Crippen LogP contribution in [0.15, 0.2) is 48.7 Å². The molecule has 3 rings (SSSR count). The predicted octanol–water partition coefficient (Wildman–Crippen LogP) is 3.69. The van der Waals surface area contributed by atoms with Crippen molar-refractivity contribution in [1.82, 2.24) is 9.88 Å². The number of thioether (sulfide) groups is 1. The summed E-state index contributed by atoms with van der Waals surface area (Å²) >= 11 is 1.68. The molecule has 132 valence electrons. The fourth-order valence-corrected chi connectivity index (χ4v) is 3.75. The summed E-state index contributed by atoms with van der Waals surface area (Å²) in [6.45, 7) is 3.51. The van der Waals surface area contributed by atoms with Crippen LogP contribution in [0.1, 0.15) is 24.1 Å². The number of carbonyl (C=O) groups excluding carboxylic acids is 1. The molecule has 1 saturated heterocycles. The molecule has 1 fully saturated rings. The average molecular weight is 356 g/mol. The molecule has 1 aliphatic rings. The molecule has 0 spiro atoms. The number of amides is 1. The van der Waals surface area contributed by atoms with E-state index < -0.39 is 0 Å². The first-order valence-corrected chi connectivity index (χ1v) is 9.85. The molecule has 1 amide bonds. The summed E-state index contributed by atoms with van der Waals surface area (Å²) in [5.74, 6) is 2.47. The largest absolute Gasteiger partial charge is 0.489 e. The Morgan fingerprint density at radius 1 is 1.20 bits per heavy atom. The van der Waals surface area contributed by atoms with Gasteiger partial charge in [0.15, 0.2) is 0 Å². The van der Waals surface area contributed by atoms with E-state index in [-0.39, 0.29) is 12.0 Å². The highest BCUT2D eigenvalue weighted by molar-refractivity contribution is 7.99. The maximum absolute atomic E-state index is 12.3. The van der Waals surface area contributed by atoms with Crippen molar-refractivity contribution in [3.8, 4) is 5.75 Å². The molecule has 1 aliphatic heterocycles. The minimum Gasteiger partial charge on any atom is -0.489 e. The summed E-state index contributed by atoms with van der Waals surface area (Å²) in [5, 5.41) is 0. The molecule has 0 N–H and O–H groups in total. The van der Waals surface area contributed by atoms with Crippen LogP contribution in [0.2, 0.25) is 0 Å². The number of piperidine rings is 1. The van der Waals surface area contributed by atoms with Gasteiger partial charge in [0.1, 0.15) is 11.9 Å². The fraction of sp³-hybridized carbons (Fsp3) is 0.400. The van der Waals surface area contributed by atoms with Crippen LogP contribution in [-0.4, -0.2) is 40.7 Å². The second kappa shape index (κ2) is 8.90. The molecule has 0 bridgehead atoms. The maximum atomic E-state index is 12.3. The average Bonchev–Trinajstić information content (AvgIpc) is 2.65. The Bertz CT molecular complexity index is 668. The number of rotatable bonds is 6. The number of nitrogens with zero attached hydrogens (tertiary/aromatic N) is 2. The van der Waals surface area contributed by atoms with Gasteiger partial charge in [-0.25, -0.2) is 0 Å². The molecule has 25 heavy (non-hydrogen) atoms. The van der Waals surface area contributed by atoms with E-state index >= 15 is 0 Å². The SMILES string of the molecule is Cc1ccc(OC2CCN(C(=O)CSCc3ccccc3)CC2)cn1. The lowest BCUT2D eigenvalue weighted by atomic mass is 10.1. The molecule has 4 nitrogen and oxygen atoms in total. The third-order valence-electron chi connectivity index (χ3n) is 4.32. The molecule has 0 saturated carbocycles. The van der Waals surface area contributed by atoms with Crippen molar-refractivity contribution in [2.24, 2.45) is 0 Å². The Labute approximate surface area is 153 Å². The van der Waals surface area contributed by atoms with Gasteiger partial charge in [0.05, 0.1) is 11.9 Å². The summed E-state index contributed by atoms with van der Waals surface area (Å²) < 4.78 is 5.97. The first-order valence-electron chi connectivity index (χ1n) is 8.69. The second-order valence-electron chi connectivity index (χ2n) is 6.31. The van der Waals surface area contributed by atoms with Gasteiger partial charge in [0, 0.05) is 37.4 Å². The van der Waals surface area contributed by atoms with Crippen LogP contribution in [0.5, 0.6) is 5.75 Å². The Kier molecular flexibility index (Phi) is 6.34. The van der Waals surface area contributed by atoms with Crippen molar-refractivity contribution in [2.45, 2.75) is 31.6 Å². The Hall–Kier alpha value is -2.01. The highest BCUT2D eigenvalue weighted by Gasteiger charge is 2.23. The highest BCUT2D eigenvalue weighted by atomic mass is 32.2. The molecule has 2 aromatic rings. The number of aryl methyl sites for hydroxylation is 1.